The molecule has 2 heterocycles. The molecule has 2 amide bonds. The fourth-order valence-electron chi connectivity index (χ4n) is 3.75. The van der Waals surface area contributed by atoms with E-state index in [0.717, 1.165) is 16.7 Å². The maximum absolute atomic E-state index is 14.6. The van der Waals surface area contributed by atoms with Crippen LogP contribution in [-0.2, 0) is 20.9 Å². The monoisotopic (exact) mass is 482 g/mol. The van der Waals surface area contributed by atoms with Crippen LogP contribution in [0.2, 0.25) is 0 Å². The number of anilines is 1. The number of aromatic nitrogens is 2. The Bertz CT molecular complexity index is 1060. The van der Waals surface area contributed by atoms with Crippen molar-refractivity contribution in [2.24, 2.45) is 5.92 Å². The number of carbonyl (C=O) groups is 2. The van der Waals surface area contributed by atoms with Gasteiger partial charge in [0.15, 0.2) is 0 Å². The number of rotatable bonds is 7. The summed E-state index contributed by atoms with van der Waals surface area (Å²) in [7, 11) is -1.66. The molecule has 0 spiro atoms. The number of hydrogen-bond donors (Lipinski definition) is 2. The van der Waals surface area contributed by atoms with Crippen LogP contribution >= 0.6 is 10.0 Å². The van der Waals surface area contributed by atoms with E-state index < -0.39 is 45.1 Å². The molecule has 0 radical (unpaired) electrons. The summed E-state index contributed by atoms with van der Waals surface area (Å²) in [4.78, 5) is 41.4. The van der Waals surface area contributed by atoms with Crippen molar-refractivity contribution in [1.29, 1.82) is 0 Å². The highest BCUT2D eigenvalue weighted by molar-refractivity contribution is 8.32. The molecule has 1 aromatic heterocycles. The molecule has 2 N–H and O–H groups in total. The van der Waals surface area contributed by atoms with E-state index in [2.05, 4.69) is 15.6 Å². The van der Waals surface area contributed by atoms with Gasteiger partial charge in [0.25, 0.3) is 5.56 Å². The zero-order valence-electron chi connectivity index (χ0n) is 18.8. The minimum Gasteiger partial charge on any atom is -0.381 e. The summed E-state index contributed by atoms with van der Waals surface area (Å²) >= 11 is 0. The van der Waals surface area contributed by atoms with Crippen LogP contribution in [0.5, 0.6) is 0 Å². The van der Waals surface area contributed by atoms with Crippen LogP contribution in [-0.4, -0.2) is 59.4 Å². The van der Waals surface area contributed by atoms with Gasteiger partial charge in [-0.15, -0.1) is 0 Å². The summed E-state index contributed by atoms with van der Waals surface area (Å²) in [6.45, 7) is 0.545. The zero-order chi connectivity index (χ0) is 24.2. The molecular formula is C22H28F2N4O4S. The average molecular weight is 483 g/mol. The second-order valence-electron chi connectivity index (χ2n) is 8.64. The van der Waals surface area contributed by atoms with Crippen molar-refractivity contribution in [1.82, 2.24) is 14.9 Å². The molecule has 8 nitrogen and oxygen atoms in total. The lowest BCUT2D eigenvalue weighted by molar-refractivity contribution is -0.128. The van der Waals surface area contributed by atoms with Crippen LogP contribution < -0.4 is 16.2 Å². The highest BCUT2D eigenvalue weighted by Crippen LogP contribution is 2.48. The van der Waals surface area contributed by atoms with E-state index in [-0.39, 0.29) is 23.0 Å². The van der Waals surface area contributed by atoms with Crippen LogP contribution in [0.25, 0.3) is 0 Å². The number of ether oxygens (including phenoxy) is 1. The Morgan fingerprint density at radius 2 is 1.85 bits per heavy atom. The molecule has 1 unspecified atom stereocenters. The molecule has 0 saturated carbocycles. The fourth-order valence-corrected chi connectivity index (χ4v) is 5.04. The summed E-state index contributed by atoms with van der Waals surface area (Å²) in [6.07, 6.45) is 8.93. The van der Waals surface area contributed by atoms with Gasteiger partial charge in [-0.25, -0.2) is 23.8 Å². The standard InChI is InChI=1S/C22H28F2N4O4S/c1-33(2,3)21-16(23)10-15(11-17(21)24)26-22(31)20(14-5-8-32-9-6-14)27-18(29)12-28-13-25-7-4-19(28)30/h4,7,10-11,13-14,20H,5-6,8-9,12H2,1-3H3,(H,26,31)(H,27,29). The van der Waals surface area contributed by atoms with E-state index in [1.165, 1.54) is 18.6 Å². The van der Waals surface area contributed by atoms with E-state index in [1.807, 2.05) is 0 Å². The zero-order valence-corrected chi connectivity index (χ0v) is 19.6. The van der Waals surface area contributed by atoms with Crippen LogP contribution in [0.15, 0.2) is 40.4 Å². The molecule has 180 valence electrons. The van der Waals surface area contributed by atoms with Gasteiger partial charge in [-0.3, -0.25) is 19.0 Å². The lowest BCUT2D eigenvalue weighted by atomic mass is 9.91. The summed E-state index contributed by atoms with van der Waals surface area (Å²) in [6, 6.07) is 2.44. The van der Waals surface area contributed by atoms with Crippen LogP contribution in [0.4, 0.5) is 14.5 Å². The third kappa shape index (κ3) is 6.38. The van der Waals surface area contributed by atoms with E-state index >= 15 is 0 Å². The first-order valence-corrected chi connectivity index (χ1v) is 13.3. The molecule has 1 fully saturated rings. The van der Waals surface area contributed by atoms with Crippen LogP contribution in [0.3, 0.4) is 0 Å². The summed E-state index contributed by atoms with van der Waals surface area (Å²) in [5.74, 6) is -2.84. The van der Waals surface area contributed by atoms with Crippen molar-refractivity contribution >= 4 is 27.5 Å². The van der Waals surface area contributed by atoms with Gasteiger partial charge in [-0.1, -0.05) is 0 Å². The lowest BCUT2D eigenvalue weighted by Gasteiger charge is -2.30. The number of hydrogen-bond acceptors (Lipinski definition) is 5. The molecule has 2 aromatic rings. The molecular weight excluding hydrogens is 454 g/mol. The van der Waals surface area contributed by atoms with Crippen molar-refractivity contribution in [3.8, 4) is 0 Å². The lowest BCUT2D eigenvalue weighted by Crippen LogP contribution is -2.51. The maximum Gasteiger partial charge on any atom is 0.253 e. The number of nitrogens with zero attached hydrogens (tertiary/aromatic N) is 2. The van der Waals surface area contributed by atoms with Gasteiger partial charge in [0.05, 0.1) is 11.2 Å². The molecule has 11 heteroatoms. The topological polar surface area (TPSA) is 102 Å². The molecule has 1 atom stereocenters. The third-order valence-electron chi connectivity index (χ3n) is 5.32. The number of nitrogens with one attached hydrogen (secondary N) is 2. The largest absolute Gasteiger partial charge is 0.381 e. The first kappa shape index (κ1) is 24.8. The minimum absolute atomic E-state index is 0.0108. The summed E-state index contributed by atoms with van der Waals surface area (Å²) < 4.78 is 35.7. The maximum atomic E-state index is 14.6. The smallest absolute Gasteiger partial charge is 0.253 e. The Hall–Kier alpha value is -2.79. The van der Waals surface area contributed by atoms with Crippen molar-refractivity contribution in [2.75, 3.05) is 37.3 Å². The molecule has 1 aliphatic heterocycles. The van der Waals surface area contributed by atoms with Gasteiger partial charge in [0, 0.05) is 31.2 Å². The van der Waals surface area contributed by atoms with Gasteiger partial charge in [-0.2, -0.15) is 0 Å². The highest BCUT2D eigenvalue weighted by Gasteiger charge is 2.32. The predicted octanol–water partition coefficient (Wildman–Crippen LogP) is 2.12. The Labute approximate surface area is 192 Å². The van der Waals surface area contributed by atoms with Crippen molar-refractivity contribution in [3.05, 3.63) is 52.7 Å². The first-order chi connectivity index (χ1) is 15.6. The van der Waals surface area contributed by atoms with E-state index in [0.29, 0.717) is 26.1 Å². The molecule has 1 aliphatic rings. The number of amides is 2. The van der Waals surface area contributed by atoms with Crippen LogP contribution in [0.1, 0.15) is 12.8 Å². The molecule has 3 rings (SSSR count). The summed E-state index contributed by atoms with van der Waals surface area (Å²) in [5.41, 5.74) is -0.434. The highest BCUT2D eigenvalue weighted by atomic mass is 32.3. The molecule has 1 saturated heterocycles. The quantitative estimate of drug-likeness (QED) is 0.630. The average Bonchev–Trinajstić information content (AvgIpc) is 2.72. The number of halogens is 2. The Balaban J connectivity index is 1.79. The van der Waals surface area contributed by atoms with Crippen molar-refractivity contribution < 1.29 is 23.1 Å². The summed E-state index contributed by atoms with van der Waals surface area (Å²) in [5, 5.41) is 5.20. The second-order valence-corrected chi connectivity index (χ2v) is 12.7. The minimum atomic E-state index is -1.66. The molecule has 0 bridgehead atoms. The third-order valence-corrected chi connectivity index (χ3v) is 6.94. The Morgan fingerprint density at radius 3 is 2.42 bits per heavy atom. The molecule has 1 aromatic carbocycles. The van der Waals surface area contributed by atoms with E-state index in [4.69, 9.17) is 4.74 Å². The predicted molar refractivity (Wildman–Crippen MR) is 123 cm³/mol. The van der Waals surface area contributed by atoms with E-state index in [9.17, 15) is 23.2 Å². The van der Waals surface area contributed by atoms with Crippen molar-refractivity contribution in [3.63, 3.8) is 0 Å². The van der Waals surface area contributed by atoms with E-state index in [1.54, 1.807) is 18.8 Å². The Kier molecular flexibility index (Phi) is 7.85. The normalized spacial score (nSPS) is 16.2. The molecule has 33 heavy (non-hydrogen) atoms. The number of benzene rings is 1. The van der Waals surface area contributed by atoms with Gasteiger partial charge < -0.3 is 15.4 Å². The van der Waals surface area contributed by atoms with Gasteiger partial charge in [0.2, 0.25) is 11.8 Å². The first-order valence-electron chi connectivity index (χ1n) is 10.4. The second kappa shape index (κ2) is 10.4. The van der Waals surface area contributed by atoms with Gasteiger partial charge >= 0.3 is 0 Å². The molecule has 0 aliphatic carbocycles. The van der Waals surface area contributed by atoms with Gasteiger partial charge in [0.1, 0.15) is 24.2 Å². The SMILES string of the molecule is CS(C)(C)c1c(F)cc(NC(=O)C(NC(=O)Cn2cnccc2=O)C2CCOCC2)cc1F. The fraction of sp³-hybridized carbons (Fsp3) is 0.455. The van der Waals surface area contributed by atoms with Crippen molar-refractivity contribution in [2.45, 2.75) is 30.3 Å². The van der Waals surface area contributed by atoms with Gasteiger partial charge in [-0.05, 0) is 49.7 Å². The van der Waals surface area contributed by atoms with Crippen LogP contribution in [0, 0.1) is 17.6 Å². The number of carbonyl (C=O) groups excluding carboxylic acids is 2. The Morgan fingerprint density at radius 1 is 1.21 bits per heavy atom.